The summed E-state index contributed by atoms with van der Waals surface area (Å²) in [6.07, 6.45) is 8.98. The van der Waals surface area contributed by atoms with Crippen LogP contribution in [0.4, 0.5) is 0 Å². The van der Waals surface area contributed by atoms with E-state index in [1.165, 1.54) is 18.4 Å². The van der Waals surface area contributed by atoms with Crippen LogP contribution in [-0.2, 0) is 11.2 Å². The van der Waals surface area contributed by atoms with E-state index in [0.717, 1.165) is 31.0 Å². The molecule has 0 spiro atoms. The lowest BCUT2D eigenvalue weighted by atomic mass is 9.96. The number of hydrogen-bond acceptors (Lipinski definition) is 3. The Kier molecular flexibility index (Phi) is 6.53. The Labute approximate surface area is 171 Å². The van der Waals surface area contributed by atoms with Gasteiger partial charge in [-0.2, -0.15) is 5.10 Å². The van der Waals surface area contributed by atoms with Crippen LogP contribution < -0.4 is 10.6 Å². The highest BCUT2D eigenvalue weighted by atomic mass is 127. The molecule has 2 aliphatic heterocycles. The third-order valence-electron chi connectivity index (χ3n) is 5.06. The highest BCUT2D eigenvalue weighted by Gasteiger charge is 2.41. The first kappa shape index (κ1) is 19.2. The molecule has 1 aromatic heterocycles. The number of ether oxygens (including phenoxy) is 1. The van der Waals surface area contributed by atoms with Gasteiger partial charge in [-0.15, -0.1) is 24.0 Å². The molecule has 0 amide bonds. The van der Waals surface area contributed by atoms with Gasteiger partial charge in [0.25, 0.3) is 0 Å². The zero-order valence-electron chi connectivity index (χ0n) is 15.0. The second kappa shape index (κ2) is 8.85. The van der Waals surface area contributed by atoms with Gasteiger partial charge in [0.15, 0.2) is 5.96 Å². The van der Waals surface area contributed by atoms with Gasteiger partial charge in [-0.05, 0) is 49.4 Å². The Bertz CT molecular complexity index is 716. The monoisotopic (exact) mass is 467 g/mol. The van der Waals surface area contributed by atoms with Gasteiger partial charge >= 0.3 is 0 Å². The molecule has 7 heteroatoms. The molecule has 26 heavy (non-hydrogen) atoms. The van der Waals surface area contributed by atoms with E-state index in [0.29, 0.717) is 18.2 Å². The summed E-state index contributed by atoms with van der Waals surface area (Å²) in [6.45, 7) is 0.850. The van der Waals surface area contributed by atoms with E-state index in [9.17, 15) is 0 Å². The Morgan fingerprint density at radius 3 is 2.77 bits per heavy atom. The number of aromatic nitrogens is 2. The van der Waals surface area contributed by atoms with Crippen LogP contribution in [0.3, 0.4) is 0 Å². The van der Waals surface area contributed by atoms with Crippen LogP contribution in [0.25, 0.3) is 5.69 Å². The van der Waals surface area contributed by atoms with Gasteiger partial charge in [-0.3, -0.25) is 4.99 Å². The summed E-state index contributed by atoms with van der Waals surface area (Å²) in [4.78, 5) is 4.34. The van der Waals surface area contributed by atoms with E-state index in [1.54, 1.807) is 6.20 Å². The van der Waals surface area contributed by atoms with Crippen LogP contribution in [0.15, 0.2) is 47.7 Å². The van der Waals surface area contributed by atoms with E-state index >= 15 is 0 Å². The van der Waals surface area contributed by atoms with Crippen LogP contribution in [-0.4, -0.2) is 47.6 Å². The van der Waals surface area contributed by atoms with Gasteiger partial charge in [-0.1, -0.05) is 12.1 Å². The summed E-state index contributed by atoms with van der Waals surface area (Å²) in [5, 5.41) is 11.2. The van der Waals surface area contributed by atoms with Crippen LogP contribution in [0.5, 0.6) is 0 Å². The van der Waals surface area contributed by atoms with Gasteiger partial charge in [0.2, 0.25) is 0 Å². The summed E-state index contributed by atoms with van der Waals surface area (Å²) in [6, 6.07) is 10.8. The molecule has 0 aliphatic carbocycles. The van der Waals surface area contributed by atoms with Crippen molar-refractivity contribution in [3.05, 3.63) is 48.3 Å². The fourth-order valence-electron chi connectivity index (χ4n) is 3.72. The van der Waals surface area contributed by atoms with Crippen molar-refractivity contribution in [2.45, 2.75) is 43.9 Å². The first-order valence-electron chi connectivity index (χ1n) is 9.03. The molecule has 4 rings (SSSR count). The molecule has 1 aromatic carbocycles. The van der Waals surface area contributed by atoms with Crippen molar-refractivity contribution in [3.8, 4) is 5.69 Å². The van der Waals surface area contributed by atoms with Crippen LogP contribution >= 0.6 is 24.0 Å². The number of halogens is 1. The molecule has 6 nitrogen and oxygen atoms in total. The molecule has 140 valence electrons. The van der Waals surface area contributed by atoms with E-state index in [4.69, 9.17) is 4.74 Å². The molecule has 3 atom stereocenters. The van der Waals surface area contributed by atoms with Crippen molar-refractivity contribution in [2.75, 3.05) is 13.6 Å². The fraction of sp³-hybridized carbons (Fsp3) is 0.474. The minimum Gasteiger partial charge on any atom is -0.373 e. The van der Waals surface area contributed by atoms with Crippen LogP contribution in [0.2, 0.25) is 0 Å². The quantitative estimate of drug-likeness (QED) is 0.403. The van der Waals surface area contributed by atoms with Crippen molar-refractivity contribution >= 4 is 29.9 Å². The standard InChI is InChI=1S/C19H25N5O.HI/c1-20-19(23-17-13-16-7-8-18(17)25-16)21-11-9-14-3-5-15(6-4-14)24-12-2-10-22-24;/h2-6,10,12,16-18H,7-9,11,13H2,1H3,(H2,20,21,23);1H. The van der Waals surface area contributed by atoms with Crippen molar-refractivity contribution in [3.63, 3.8) is 0 Å². The highest BCUT2D eigenvalue weighted by molar-refractivity contribution is 14.0. The number of aliphatic imine (C=N–C) groups is 1. The third-order valence-corrected chi connectivity index (χ3v) is 5.06. The number of fused-ring (bicyclic) bond motifs is 2. The highest BCUT2D eigenvalue weighted by Crippen LogP contribution is 2.34. The van der Waals surface area contributed by atoms with Crippen molar-refractivity contribution in [1.82, 2.24) is 20.4 Å². The maximum absolute atomic E-state index is 5.89. The van der Waals surface area contributed by atoms with E-state index in [-0.39, 0.29) is 24.0 Å². The molecule has 2 aliphatic rings. The van der Waals surface area contributed by atoms with E-state index in [1.807, 2.05) is 24.0 Å². The molecule has 2 saturated heterocycles. The summed E-state index contributed by atoms with van der Waals surface area (Å²) in [7, 11) is 1.82. The van der Waals surface area contributed by atoms with Crippen molar-refractivity contribution < 1.29 is 4.74 Å². The molecule has 3 heterocycles. The maximum atomic E-state index is 5.89. The SMILES string of the molecule is CN=C(NCCc1ccc(-n2cccn2)cc1)NC1CC2CCC1O2.I. The summed E-state index contributed by atoms with van der Waals surface area (Å²) in [5.74, 6) is 0.870. The molecule has 2 aromatic rings. The maximum Gasteiger partial charge on any atom is 0.191 e. The minimum absolute atomic E-state index is 0. The summed E-state index contributed by atoms with van der Waals surface area (Å²) in [5.41, 5.74) is 2.37. The topological polar surface area (TPSA) is 63.5 Å². The average molecular weight is 467 g/mol. The smallest absolute Gasteiger partial charge is 0.191 e. The molecular formula is C19H26IN5O. The van der Waals surface area contributed by atoms with Gasteiger partial charge in [-0.25, -0.2) is 4.68 Å². The van der Waals surface area contributed by atoms with E-state index in [2.05, 4.69) is 45.0 Å². The predicted octanol–water partition coefficient (Wildman–Crippen LogP) is 2.52. The van der Waals surface area contributed by atoms with E-state index < -0.39 is 0 Å². The molecule has 2 bridgehead atoms. The zero-order valence-corrected chi connectivity index (χ0v) is 17.3. The largest absolute Gasteiger partial charge is 0.373 e. The Morgan fingerprint density at radius 1 is 1.31 bits per heavy atom. The summed E-state index contributed by atoms with van der Waals surface area (Å²) >= 11 is 0. The lowest BCUT2D eigenvalue weighted by molar-refractivity contribution is 0.0992. The number of nitrogens with one attached hydrogen (secondary N) is 2. The number of rotatable bonds is 5. The molecule has 2 N–H and O–H groups in total. The lowest BCUT2D eigenvalue weighted by Crippen LogP contribution is -2.47. The molecule has 2 fully saturated rings. The predicted molar refractivity (Wildman–Crippen MR) is 113 cm³/mol. The number of hydrogen-bond donors (Lipinski definition) is 2. The third kappa shape index (κ3) is 4.37. The second-order valence-electron chi connectivity index (χ2n) is 6.73. The van der Waals surface area contributed by atoms with Gasteiger partial charge in [0, 0.05) is 26.0 Å². The Balaban J connectivity index is 0.00000196. The number of benzene rings is 1. The minimum atomic E-state index is 0. The number of guanidine groups is 1. The Hall–Kier alpha value is -1.61. The fourth-order valence-corrected chi connectivity index (χ4v) is 3.72. The first-order valence-corrected chi connectivity index (χ1v) is 9.03. The normalized spacial score (nSPS) is 24.3. The number of nitrogens with zero attached hydrogens (tertiary/aromatic N) is 3. The van der Waals surface area contributed by atoms with Crippen molar-refractivity contribution in [2.24, 2.45) is 4.99 Å². The van der Waals surface area contributed by atoms with Crippen LogP contribution in [0.1, 0.15) is 24.8 Å². The molecular weight excluding hydrogens is 441 g/mol. The molecule has 3 unspecified atom stereocenters. The van der Waals surface area contributed by atoms with Crippen molar-refractivity contribution in [1.29, 1.82) is 0 Å². The van der Waals surface area contributed by atoms with Gasteiger partial charge < -0.3 is 15.4 Å². The zero-order chi connectivity index (χ0) is 17.1. The second-order valence-corrected chi connectivity index (χ2v) is 6.73. The lowest BCUT2D eigenvalue weighted by Gasteiger charge is -2.22. The first-order chi connectivity index (χ1) is 12.3. The van der Waals surface area contributed by atoms with Crippen LogP contribution in [0, 0.1) is 0 Å². The van der Waals surface area contributed by atoms with Gasteiger partial charge in [0.1, 0.15) is 0 Å². The molecule has 0 radical (unpaired) electrons. The summed E-state index contributed by atoms with van der Waals surface area (Å²) < 4.78 is 7.76. The van der Waals surface area contributed by atoms with Gasteiger partial charge in [0.05, 0.1) is 23.9 Å². The Morgan fingerprint density at radius 2 is 2.15 bits per heavy atom. The average Bonchev–Trinajstić information content (AvgIpc) is 3.39. The molecule has 0 saturated carbocycles.